The Labute approximate surface area is 212 Å². The van der Waals surface area contributed by atoms with Crippen molar-refractivity contribution in [3.8, 4) is 0 Å². The molecular formula is C25H44O11. The molecule has 210 valence electrons. The second kappa shape index (κ2) is 12.0. The van der Waals surface area contributed by atoms with Crippen LogP contribution in [0.2, 0.25) is 0 Å². The SMILES string of the molecule is CC(C=CC1C(C)CC(O)CC1(C)C)OC1OC(COC2OC(C)C(O)C(O)C2O)C(O)C(O)C1O. The van der Waals surface area contributed by atoms with Crippen LogP contribution in [0.1, 0.15) is 47.5 Å². The summed E-state index contributed by atoms with van der Waals surface area (Å²) in [6, 6.07) is 0. The second-order valence-electron chi connectivity index (χ2n) is 11.3. The molecule has 0 bridgehead atoms. The summed E-state index contributed by atoms with van der Waals surface area (Å²) in [5.41, 5.74) is -0.0935. The number of hydrogen-bond acceptors (Lipinski definition) is 11. The molecule has 11 nitrogen and oxygen atoms in total. The van der Waals surface area contributed by atoms with E-state index in [0.29, 0.717) is 6.42 Å². The fraction of sp³-hybridized carbons (Fsp3) is 0.920. The Morgan fingerprint density at radius 3 is 2.11 bits per heavy atom. The first kappa shape index (κ1) is 29.9. The van der Waals surface area contributed by atoms with Crippen LogP contribution in [0, 0.1) is 17.3 Å². The lowest BCUT2D eigenvalue weighted by molar-refractivity contribution is -0.330. The van der Waals surface area contributed by atoms with Gasteiger partial charge < -0.3 is 54.7 Å². The lowest BCUT2D eigenvalue weighted by Crippen LogP contribution is -2.61. The highest BCUT2D eigenvalue weighted by atomic mass is 16.7. The van der Waals surface area contributed by atoms with Gasteiger partial charge in [-0.3, -0.25) is 0 Å². The van der Waals surface area contributed by atoms with Gasteiger partial charge in [0.1, 0.15) is 42.7 Å². The van der Waals surface area contributed by atoms with Gasteiger partial charge in [0.05, 0.1) is 24.9 Å². The van der Waals surface area contributed by atoms with Crippen molar-refractivity contribution in [2.24, 2.45) is 17.3 Å². The number of aliphatic hydroxyl groups is 7. The largest absolute Gasteiger partial charge is 0.393 e. The molecule has 14 atom stereocenters. The summed E-state index contributed by atoms with van der Waals surface area (Å²) in [6.07, 6.45) is -8.84. The summed E-state index contributed by atoms with van der Waals surface area (Å²) in [4.78, 5) is 0. The average Bonchev–Trinajstić information content (AvgIpc) is 2.78. The Bertz CT molecular complexity index is 733. The van der Waals surface area contributed by atoms with E-state index in [1.165, 1.54) is 6.92 Å². The van der Waals surface area contributed by atoms with Crippen molar-refractivity contribution < 1.29 is 54.7 Å². The molecule has 3 fully saturated rings. The molecule has 2 saturated heterocycles. The lowest BCUT2D eigenvalue weighted by Gasteiger charge is -2.44. The van der Waals surface area contributed by atoms with E-state index >= 15 is 0 Å². The van der Waals surface area contributed by atoms with Gasteiger partial charge in [0.15, 0.2) is 12.6 Å². The highest BCUT2D eigenvalue weighted by Crippen LogP contribution is 2.44. The minimum atomic E-state index is -1.57. The first-order valence-electron chi connectivity index (χ1n) is 12.8. The van der Waals surface area contributed by atoms with Crippen LogP contribution >= 0.6 is 0 Å². The molecule has 14 unspecified atom stereocenters. The maximum Gasteiger partial charge on any atom is 0.187 e. The van der Waals surface area contributed by atoms with Gasteiger partial charge >= 0.3 is 0 Å². The molecule has 3 rings (SSSR count). The number of rotatable bonds is 7. The van der Waals surface area contributed by atoms with E-state index in [4.69, 9.17) is 18.9 Å². The van der Waals surface area contributed by atoms with Crippen LogP contribution in [-0.2, 0) is 18.9 Å². The summed E-state index contributed by atoms with van der Waals surface area (Å²) in [5.74, 6) is 0.498. The highest BCUT2D eigenvalue weighted by Gasteiger charge is 2.47. The van der Waals surface area contributed by atoms with E-state index in [0.717, 1.165) is 6.42 Å². The average molecular weight is 521 g/mol. The van der Waals surface area contributed by atoms with Crippen molar-refractivity contribution in [3.05, 3.63) is 12.2 Å². The molecule has 0 radical (unpaired) electrons. The smallest absolute Gasteiger partial charge is 0.187 e. The molecule has 0 amide bonds. The van der Waals surface area contributed by atoms with Crippen LogP contribution in [0.3, 0.4) is 0 Å². The van der Waals surface area contributed by atoms with Crippen molar-refractivity contribution in [1.82, 2.24) is 0 Å². The third kappa shape index (κ3) is 6.65. The van der Waals surface area contributed by atoms with E-state index in [-0.39, 0.29) is 30.0 Å². The standard InChI is InChI=1S/C25H44O11/c1-11-8-14(26)9-25(4,5)15(11)7-6-12(2)34-24-22(32)20(30)18(28)16(36-24)10-33-23-21(31)19(29)17(27)13(3)35-23/h6-7,11-24,26-32H,8-10H2,1-5H3. The number of hydrogen-bond donors (Lipinski definition) is 7. The summed E-state index contributed by atoms with van der Waals surface area (Å²) in [5, 5.41) is 71.2. The Morgan fingerprint density at radius 1 is 0.861 bits per heavy atom. The minimum absolute atomic E-state index is 0.0935. The van der Waals surface area contributed by atoms with Gasteiger partial charge in [-0.2, -0.15) is 0 Å². The van der Waals surface area contributed by atoms with Crippen LogP contribution in [-0.4, -0.2) is 116 Å². The highest BCUT2D eigenvalue weighted by molar-refractivity contribution is 5.03. The fourth-order valence-electron chi connectivity index (χ4n) is 5.66. The predicted molar refractivity (Wildman–Crippen MR) is 126 cm³/mol. The molecule has 0 aromatic carbocycles. The Hall–Kier alpha value is -0.700. The minimum Gasteiger partial charge on any atom is -0.393 e. The van der Waals surface area contributed by atoms with E-state index in [1.54, 1.807) is 6.92 Å². The topological polar surface area (TPSA) is 179 Å². The summed E-state index contributed by atoms with van der Waals surface area (Å²) in [6.45, 7) is 9.28. The molecular weight excluding hydrogens is 476 g/mol. The van der Waals surface area contributed by atoms with E-state index in [9.17, 15) is 35.7 Å². The van der Waals surface area contributed by atoms with Gasteiger partial charge in [-0.1, -0.05) is 32.9 Å². The zero-order valence-electron chi connectivity index (χ0n) is 21.6. The second-order valence-corrected chi connectivity index (χ2v) is 11.3. The molecule has 36 heavy (non-hydrogen) atoms. The quantitative estimate of drug-likeness (QED) is 0.205. The molecule has 3 aliphatic rings. The monoisotopic (exact) mass is 520 g/mol. The van der Waals surface area contributed by atoms with E-state index in [2.05, 4.69) is 26.8 Å². The van der Waals surface area contributed by atoms with Crippen molar-refractivity contribution in [2.45, 2.75) is 121 Å². The molecule has 1 saturated carbocycles. The number of ether oxygens (including phenoxy) is 4. The van der Waals surface area contributed by atoms with Crippen molar-refractivity contribution in [1.29, 1.82) is 0 Å². The van der Waals surface area contributed by atoms with Crippen molar-refractivity contribution in [3.63, 3.8) is 0 Å². The summed E-state index contributed by atoms with van der Waals surface area (Å²) >= 11 is 0. The lowest BCUT2D eigenvalue weighted by atomic mass is 9.63. The molecule has 0 spiro atoms. The predicted octanol–water partition coefficient (Wildman–Crippen LogP) is -0.967. The molecule has 0 aromatic rings. The van der Waals surface area contributed by atoms with Gasteiger partial charge in [-0.25, -0.2) is 0 Å². The maximum atomic E-state index is 10.4. The number of allylic oxidation sites excluding steroid dienone is 1. The van der Waals surface area contributed by atoms with Crippen LogP contribution < -0.4 is 0 Å². The Balaban J connectivity index is 1.59. The normalized spacial score (nSPS) is 48.7. The van der Waals surface area contributed by atoms with Gasteiger partial charge in [0.25, 0.3) is 0 Å². The maximum absolute atomic E-state index is 10.4. The summed E-state index contributed by atoms with van der Waals surface area (Å²) in [7, 11) is 0. The Kier molecular flexibility index (Phi) is 9.95. The zero-order valence-corrected chi connectivity index (χ0v) is 21.6. The third-order valence-corrected chi connectivity index (χ3v) is 7.76. The van der Waals surface area contributed by atoms with Gasteiger partial charge in [-0.05, 0) is 43.9 Å². The summed E-state index contributed by atoms with van der Waals surface area (Å²) < 4.78 is 22.4. The van der Waals surface area contributed by atoms with Crippen molar-refractivity contribution >= 4 is 0 Å². The zero-order chi connectivity index (χ0) is 26.9. The van der Waals surface area contributed by atoms with Crippen LogP contribution in [0.4, 0.5) is 0 Å². The van der Waals surface area contributed by atoms with Crippen LogP contribution in [0.5, 0.6) is 0 Å². The first-order chi connectivity index (χ1) is 16.7. The van der Waals surface area contributed by atoms with Crippen LogP contribution in [0.15, 0.2) is 12.2 Å². The van der Waals surface area contributed by atoms with E-state index < -0.39 is 67.5 Å². The molecule has 11 heteroatoms. The van der Waals surface area contributed by atoms with Gasteiger partial charge in [0, 0.05) is 0 Å². The van der Waals surface area contributed by atoms with Gasteiger partial charge in [-0.15, -0.1) is 0 Å². The van der Waals surface area contributed by atoms with Gasteiger partial charge in [0.2, 0.25) is 0 Å². The third-order valence-electron chi connectivity index (χ3n) is 7.76. The fourth-order valence-corrected chi connectivity index (χ4v) is 5.66. The van der Waals surface area contributed by atoms with Crippen LogP contribution in [0.25, 0.3) is 0 Å². The molecule has 2 heterocycles. The number of aliphatic hydroxyl groups excluding tert-OH is 7. The first-order valence-corrected chi connectivity index (χ1v) is 12.8. The van der Waals surface area contributed by atoms with E-state index in [1.807, 2.05) is 6.08 Å². The molecule has 0 aromatic heterocycles. The molecule has 7 N–H and O–H groups in total. The molecule has 2 aliphatic heterocycles. The van der Waals surface area contributed by atoms with Crippen molar-refractivity contribution in [2.75, 3.05) is 6.61 Å². The molecule has 1 aliphatic carbocycles. The Morgan fingerprint density at radius 2 is 1.47 bits per heavy atom.